The highest BCUT2D eigenvalue weighted by atomic mass is 16.6. The van der Waals surface area contributed by atoms with Crippen molar-refractivity contribution in [1.29, 1.82) is 0 Å². The first kappa shape index (κ1) is 13.4. The molecule has 102 valence electrons. The molecule has 18 heavy (non-hydrogen) atoms. The largest absolute Gasteiger partial charge is 0.444 e. The molecule has 3 nitrogen and oxygen atoms in total. The molecule has 2 rings (SSSR count). The van der Waals surface area contributed by atoms with Crippen molar-refractivity contribution < 1.29 is 9.53 Å². The molecule has 0 aromatic rings. The van der Waals surface area contributed by atoms with Crippen LogP contribution >= 0.6 is 0 Å². The predicted molar refractivity (Wildman–Crippen MR) is 72.3 cm³/mol. The zero-order valence-corrected chi connectivity index (χ0v) is 11.8. The molecule has 1 saturated heterocycles. The van der Waals surface area contributed by atoms with E-state index in [1.165, 1.54) is 6.42 Å². The Balaban J connectivity index is 1.76. The van der Waals surface area contributed by atoms with Gasteiger partial charge in [-0.05, 0) is 57.8 Å². The number of carbonyl (C=O) groups excluding carboxylic acids is 1. The van der Waals surface area contributed by atoms with E-state index < -0.39 is 5.60 Å². The molecule has 1 saturated carbocycles. The number of amides is 1. The number of rotatable bonds is 2. The molecular formula is C15H25NO2. The molecule has 2 fully saturated rings. The molecule has 2 unspecified atom stereocenters. The van der Waals surface area contributed by atoms with Crippen molar-refractivity contribution in [1.82, 2.24) is 4.90 Å². The van der Waals surface area contributed by atoms with Gasteiger partial charge in [-0.1, -0.05) is 6.08 Å². The van der Waals surface area contributed by atoms with Crippen LogP contribution in [0.25, 0.3) is 0 Å². The first-order valence-corrected chi connectivity index (χ1v) is 7.01. The van der Waals surface area contributed by atoms with Crippen LogP contribution in [0.1, 0.15) is 40.0 Å². The van der Waals surface area contributed by atoms with Crippen molar-refractivity contribution >= 4 is 6.09 Å². The van der Waals surface area contributed by atoms with Gasteiger partial charge in [-0.25, -0.2) is 4.79 Å². The van der Waals surface area contributed by atoms with Gasteiger partial charge in [0.25, 0.3) is 0 Å². The highest BCUT2D eigenvalue weighted by Gasteiger charge is 2.42. The van der Waals surface area contributed by atoms with Gasteiger partial charge in [0.2, 0.25) is 0 Å². The Hall–Kier alpha value is -0.990. The fraction of sp³-hybridized carbons (Fsp3) is 0.800. The summed E-state index contributed by atoms with van der Waals surface area (Å²) in [7, 11) is 0. The Bertz CT molecular complexity index is 324. The second-order valence-corrected chi connectivity index (χ2v) is 6.60. The van der Waals surface area contributed by atoms with Crippen LogP contribution in [-0.4, -0.2) is 29.7 Å². The van der Waals surface area contributed by atoms with Gasteiger partial charge in [0, 0.05) is 13.1 Å². The number of allylic oxidation sites excluding steroid dienone is 1. The number of nitrogens with zero attached hydrogens (tertiary/aromatic N) is 1. The SMILES string of the molecule is C=CC1CC1C1CCN(C(=O)OC(C)(C)C)CC1. The lowest BCUT2D eigenvalue weighted by Crippen LogP contribution is -2.42. The average molecular weight is 251 g/mol. The Morgan fingerprint density at radius 2 is 1.94 bits per heavy atom. The lowest BCUT2D eigenvalue weighted by atomic mass is 9.91. The Kier molecular flexibility index (Phi) is 3.69. The number of hydrogen-bond acceptors (Lipinski definition) is 2. The first-order valence-electron chi connectivity index (χ1n) is 7.01. The summed E-state index contributed by atoms with van der Waals surface area (Å²) in [5, 5.41) is 0. The van der Waals surface area contributed by atoms with Crippen LogP contribution in [0.4, 0.5) is 4.79 Å². The molecule has 0 spiro atoms. The standard InChI is InChI=1S/C15H25NO2/c1-5-11-10-13(11)12-6-8-16(9-7-12)14(17)18-15(2,3)4/h5,11-13H,1,6-10H2,2-4H3. The molecule has 2 atom stereocenters. The summed E-state index contributed by atoms with van der Waals surface area (Å²) >= 11 is 0. The summed E-state index contributed by atoms with van der Waals surface area (Å²) in [6.45, 7) is 11.3. The molecule has 1 aliphatic carbocycles. The maximum absolute atomic E-state index is 11.9. The van der Waals surface area contributed by atoms with Gasteiger partial charge >= 0.3 is 6.09 Å². The van der Waals surface area contributed by atoms with Gasteiger partial charge in [-0.2, -0.15) is 0 Å². The second-order valence-electron chi connectivity index (χ2n) is 6.60. The number of likely N-dealkylation sites (tertiary alicyclic amines) is 1. The van der Waals surface area contributed by atoms with Crippen LogP contribution < -0.4 is 0 Å². The van der Waals surface area contributed by atoms with E-state index in [1.807, 2.05) is 25.7 Å². The zero-order valence-electron chi connectivity index (χ0n) is 11.8. The first-order chi connectivity index (χ1) is 8.40. The van der Waals surface area contributed by atoms with Crippen LogP contribution in [0, 0.1) is 17.8 Å². The second kappa shape index (κ2) is 4.94. The van der Waals surface area contributed by atoms with Crippen molar-refractivity contribution in [2.75, 3.05) is 13.1 Å². The van der Waals surface area contributed by atoms with Crippen LogP contribution in [0.3, 0.4) is 0 Å². The quantitative estimate of drug-likeness (QED) is 0.703. The van der Waals surface area contributed by atoms with Crippen molar-refractivity contribution in [3.8, 4) is 0 Å². The van der Waals surface area contributed by atoms with E-state index in [1.54, 1.807) is 0 Å². The molecule has 3 heteroatoms. The third-order valence-corrected chi connectivity index (χ3v) is 3.99. The van der Waals surface area contributed by atoms with E-state index in [4.69, 9.17) is 4.74 Å². The Labute approximate surface area is 110 Å². The van der Waals surface area contributed by atoms with E-state index in [2.05, 4.69) is 12.7 Å². The normalized spacial score (nSPS) is 28.9. The van der Waals surface area contributed by atoms with Gasteiger partial charge in [-0.3, -0.25) is 0 Å². The van der Waals surface area contributed by atoms with Crippen molar-refractivity contribution in [2.24, 2.45) is 17.8 Å². The molecule has 0 aromatic carbocycles. The number of piperidine rings is 1. The maximum atomic E-state index is 11.9. The van der Waals surface area contributed by atoms with Gasteiger partial charge < -0.3 is 9.64 Å². The summed E-state index contributed by atoms with van der Waals surface area (Å²) in [5.74, 6) is 2.36. The predicted octanol–water partition coefficient (Wildman–Crippen LogP) is 3.46. The third kappa shape index (κ3) is 3.27. The van der Waals surface area contributed by atoms with E-state index in [-0.39, 0.29) is 6.09 Å². The van der Waals surface area contributed by atoms with Gasteiger partial charge in [0.15, 0.2) is 0 Å². The van der Waals surface area contributed by atoms with Gasteiger partial charge in [-0.15, -0.1) is 6.58 Å². The highest BCUT2D eigenvalue weighted by Crippen LogP contribution is 2.48. The monoisotopic (exact) mass is 251 g/mol. The third-order valence-electron chi connectivity index (χ3n) is 3.99. The minimum absolute atomic E-state index is 0.156. The molecule has 0 N–H and O–H groups in total. The summed E-state index contributed by atoms with van der Waals surface area (Å²) in [4.78, 5) is 13.8. The average Bonchev–Trinajstić information content (AvgIpc) is 3.06. The van der Waals surface area contributed by atoms with E-state index >= 15 is 0 Å². The summed E-state index contributed by atoms with van der Waals surface area (Å²) in [6.07, 6.45) is 5.48. The zero-order chi connectivity index (χ0) is 13.3. The highest BCUT2D eigenvalue weighted by molar-refractivity contribution is 5.68. The molecule has 1 amide bonds. The molecule has 1 aliphatic heterocycles. The maximum Gasteiger partial charge on any atom is 0.410 e. The number of hydrogen-bond donors (Lipinski definition) is 0. The fourth-order valence-electron chi connectivity index (χ4n) is 2.89. The topological polar surface area (TPSA) is 29.5 Å². The molecule has 0 radical (unpaired) electrons. The summed E-state index contributed by atoms with van der Waals surface area (Å²) < 4.78 is 5.40. The number of carbonyl (C=O) groups is 1. The van der Waals surface area contributed by atoms with Crippen LogP contribution in [0.5, 0.6) is 0 Å². The van der Waals surface area contributed by atoms with Crippen molar-refractivity contribution in [3.63, 3.8) is 0 Å². The summed E-state index contributed by atoms with van der Waals surface area (Å²) in [5.41, 5.74) is -0.391. The Morgan fingerprint density at radius 3 is 2.39 bits per heavy atom. The molecule has 1 heterocycles. The van der Waals surface area contributed by atoms with Crippen LogP contribution in [-0.2, 0) is 4.74 Å². The smallest absolute Gasteiger partial charge is 0.410 e. The van der Waals surface area contributed by atoms with Crippen LogP contribution in [0.2, 0.25) is 0 Å². The van der Waals surface area contributed by atoms with Gasteiger partial charge in [0.1, 0.15) is 5.60 Å². The lowest BCUT2D eigenvalue weighted by molar-refractivity contribution is 0.0175. The van der Waals surface area contributed by atoms with E-state index in [0.29, 0.717) is 0 Å². The fourth-order valence-corrected chi connectivity index (χ4v) is 2.89. The van der Waals surface area contributed by atoms with Gasteiger partial charge in [0.05, 0.1) is 0 Å². The Morgan fingerprint density at radius 1 is 1.33 bits per heavy atom. The molecular weight excluding hydrogens is 226 g/mol. The van der Waals surface area contributed by atoms with Crippen molar-refractivity contribution in [2.45, 2.75) is 45.6 Å². The molecule has 2 aliphatic rings. The van der Waals surface area contributed by atoms with E-state index in [0.717, 1.165) is 43.7 Å². The lowest BCUT2D eigenvalue weighted by Gasteiger charge is -2.33. The van der Waals surface area contributed by atoms with Crippen molar-refractivity contribution in [3.05, 3.63) is 12.7 Å². The molecule has 0 aromatic heterocycles. The van der Waals surface area contributed by atoms with E-state index in [9.17, 15) is 4.79 Å². The minimum Gasteiger partial charge on any atom is -0.444 e. The minimum atomic E-state index is -0.391. The number of ether oxygens (including phenoxy) is 1. The molecule has 0 bridgehead atoms. The van der Waals surface area contributed by atoms with Crippen LogP contribution in [0.15, 0.2) is 12.7 Å². The summed E-state index contributed by atoms with van der Waals surface area (Å²) in [6, 6.07) is 0.